The Hall–Kier alpha value is -3.11. The molecule has 0 unspecified atom stereocenters. The normalized spacial score (nSPS) is 11.0. The maximum absolute atomic E-state index is 9.41. The van der Waals surface area contributed by atoms with Gasteiger partial charge >= 0.3 is 0 Å². The van der Waals surface area contributed by atoms with Gasteiger partial charge in [0.1, 0.15) is 5.75 Å². The van der Waals surface area contributed by atoms with Crippen molar-refractivity contribution in [1.82, 2.24) is 10.2 Å². The number of phenols is 1. The molecule has 0 aliphatic rings. The molecule has 1 aromatic heterocycles. The number of aromatic hydroxyl groups is 1. The molecule has 4 rings (SSSR count). The second kappa shape index (κ2) is 5.83. The number of nitrogens with zero attached hydrogens (tertiary/aromatic N) is 1. The fourth-order valence-electron chi connectivity index (χ4n) is 2.89. The third-order valence-corrected chi connectivity index (χ3v) is 4.15. The number of aliphatic hydroxyl groups excluding tert-OH is 1. The van der Waals surface area contributed by atoms with E-state index in [1.165, 1.54) is 0 Å². The molecule has 0 aliphatic heterocycles. The maximum Gasteiger partial charge on any atom is 0.115 e. The molecular weight excluding hydrogens is 300 g/mol. The number of phenolic OH excluding ortho intramolecular Hbond substituents is 1. The number of nitrogens with one attached hydrogen (secondary N) is 1. The molecule has 0 amide bonds. The topological polar surface area (TPSA) is 69.1 Å². The van der Waals surface area contributed by atoms with Crippen LogP contribution >= 0.6 is 0 Å². The van der Waals surface area contributed by atoms with Crippen LogP contribution in [-0.4, -0.2) is 20.4 Å². The zero-order valence-electron chi connectivity index (χ0n) is 12.9. The van der Waals surface area contributed by atoms with Crippen LogP contribution in [0.5, 0.6) is 5.75 Å². The summed E-state index contributed by atoms with van der Waals surface area (Å²) in [5, 5.41) is 27.3. The van der Waals surface area contributed by atoms with Gasteiger partial charge < -0.3 is 10.2 Å². The minimum Gasteiger partial charge on any atom is -0.508 e. The second-order valence-corrected chi connectivity index (χ2v) is 5.74. The van der Waals surface area contributed by atoms with Crippen molar-refractivity contribution in [3.05, 3.63) is 72.3 Å². The summed E-state index contributed by atoms with van der Waals surface area (Å²) >= 11 is 0. The monoisotopic (exact) mass is 316 g/mol. The van der Waals surface area contributed by atoms with E-state index < -0.39 is 0 Å². The standard InChI is InChI=1S/C20H16N2O2/c23-12-13-2-1-3-16(10-13)20-18-9-6-15(11-19(18)21-22-20)14-4-7-17(24)8-5-14/h1-11,23-24H,12H2,(H,21,22). The van der Waals surface area contributed by atoms with E-state index in [1.54, 1.807) is 12.1 Å². The molecule has 0 fully saturated rings. The molecule has 0 saturated carbocycles. The molecule has 0 radical (unpaired) electrons. The third-order valence-electron chi connectivity index (χ3n) is 4.15. The molecule has 3 aromatic carbocycles. The van der Waals surface area contributed by atoms with E-state index >= 15 is 0 Å². The van der Waals surface area contributed by atoms with Crippen LogP contribution in [-0.2, 0) is 6.61 Å². The number of aromatic nitrogens is 2. The van der Waals surface area contributed by atoms with E-state index in [2.05, 4.69) is 10.2 Å². The maximum atomic E-state index is 9.41. The van der Waals surface area contributed by atoms with E-state index in [0.29, 0.717) is 0 Å². The number of aromatic amines is 1. The highest BCUT2D eigenvalue weighted by Crippen LogP contribution is 2.30. The number of H-pyrrole nitrogens is 1. The Morgan fingerprint density at radius 2 is 1.62 bits per heavy atom. The van der Waals surface area contributed by atoms with Gasteiger partial charge in [-0.15, -0.1) is 0 Å². The fraction of sp³-hybridized carbons (Fsp3) is 0.0500. The first-order chi connectivity index (χ1) is 11.7. The lowest BCUT2D eigenvalue weighted by Gasteiger charge is -2.03. The van der Waals surface area contributed by atoms with Gasteiger partial charge in [0.2, 0.25) is 0 Å². The van der Waals surface area contributed by atoms with Crippen molar-refractivity contribution < 1.29 is 10.2 Å². The van der Waals surface area contributed by atoms with E-state index in [1.807, 2.05) is 54.6 Å². The molecule has 0 spiro atoms. The van der Waals surface area contributed by atoms with E-state index in [-0.39, 0.29) is 12.4 Å². The number of hydrogen-bond acceptors (Lipinski definition) is 3. The van der Waals surface area contributed by atoms with Crippen LogP contribution in [0, 0.1) is 0 Å². The molecule has 0 atom stereocenters. The second-order valence-electron chi connectivity index (χ2n) is 5.74. The molecule has 0 bridgehead atoms. The van der Waals surface area contributed by atoms with Gasteiger partial charge in [-0.25, -0.2) is 0 Å². The van der Waals surface area contributed by atoms with Crippen LogP contribution in [0.3, 0.4) is 0 Å². The predicted octanol–water partition coefficient (Wildman–Crippen LogP) is 4.09. The van der Waals surface area contributed by atoms with E-state index in [0.717, 1.165) is 38.9 Å². The van der Waals surface area contributed by atoms with Gasteiger partial charge in [-0.1, -0.05) is 36.4 Å². The highest BCUT2D eigenvalue weighted by Gasteiger charge is 2.10. The molecule has 0 aliphatic carbocycles. The summed E-state index contributed by atoms with van der Waals surface area (Å²) in [5.41, 5.74) is 5.76. The summed E-state index contributed by atoms with van der Waals surface area (Å²) in [5.74, 6) is 0.257. The van der Waals surface area contributed by atoms with Crippen molar-refractivity contribution in [1.29, 1.82) is 0 Å². The quantitative estimate of drug-likeness (QED) is 0.533. The average Bonchev–Trinajstić information content (AvgIpc) is 3.05. The molecule has 4 nitrogen and oxygen atoms in total. The van der Waals surface area contributed by atoms with Gasteiger partial charge in [-0.05, 0) is 47.0 Å². The number of fused-ring (bicyclic) bond motifs is 1. The molecule has 4 aromatic rings. The number of benzene rings is 3. The van der Waals surface area contributed by atoms with Crippen molar-refractivity contribution in [2.75, 3.05) is 0 Å². The Kier molecular flexibility index (Phi) is 3.52. The van der Waals surface area contributed by atoms with Crippen molar-refractivity contribution >= 4 is 10.9 Å². The SMILES string of the molecule is OCc1cccc(-c2n[nH]c3cc(-c4ccc(O)cc4)ccc23)c1. The lowest BCUT2D eigenvalue weighted by Crippen LogP contribution is -1.85. The smallest absolute Gasteiger partial charge is 0.115 e. The van der Waals surface area contributed by atoms with Crippen LogP contribution in [0.2, 0.25) is 0 Å². The Balaban J connectivity index is 1.79. The first-order valence-corrected chi connectivity index (χ1v) is 7.72. The minimum atomic E-state index is 0.0151. The van der Waals surface area contributed by atoms with Crippen LogP contribution in [0.4, 0.5) is 0 Å². The van der Waals surface area contributed by atoms with E-state index in [9.17, 15) is 10.2 Å². The highest BCUT2D eigenvalue weighted by atomic mass is 16.3. The van der Waals surface area contributed by atoms with Crippen LogP contribution in [0.1, 0.15) is 5.56 Å². The molecule has 1 heterocycles. The van der Waals surface area contributed by atoms with Gasteiger partial charge in [0, 0.05) is 10.9 Å². The summed E-state index contributed by atoms with van der Waals surface area (Å²) in [6.45, 7) is 0.0151. The van der Waals surface area contributed by atoms with Crippen molar-refractivity contribution in [2.24, 2.45) is 0 Å². The zero-order valence-corrected chi connectivity index (χ0v) is 12.9. The average molecular weight is 316 g/mol. The Bertz CT molecular complexity index is 1000. The van der Waals surface area contributed by atoms with Crippen molar-refractivity contribution in [3.8, 4) is 28.1 Å². The largest absolute Gasteiger partial charge is 0.508 e. The Labute approximate surface area is 139 Å². The summed E-state index contributed by atoms with van der Waals surface area (Å²) < 4.78 is 0. The number of aliphatic hydroxyl groups is 1. The van der Waals surface area contributed by atoms with Gasteiger partial charge in [-0.3, -0.25) is 5.10 Å². The lowest BCUT2D eigenvalue weighted by molar-refractivity contribution is 0.282. The molecular formula is C20H16N2O2. The summed E-state index contributed by atoms with van der Waals surface area (Å²) in [6.07, 6.45) is 0. The molecule has 0 saturated heterocycles. The molecule has 4 heteroatoms. The van der Waals surface area contributed by atoms with Gasteiger partial charge in [0.05, 0.1) is 17.8 Å². The van der Waals surface area contributed by atoms with Crippen molar-refractivity contribution in [2.45, 2.75) is 6.61 Å². The predicted molar refractivity (Wildman–Crippen MR) is 94.6 cm³/mol. The Morgan fingerprint density at radius 1 is 0.833 bits per heavy atom. The van der Waals surface area contributed by atoms with Crippen molar-refractivity contribution in [3.63, 3.8) is 0 Å². The summed E-state index contributed by atoms with van der Waals surface area (Å²) in [7, 11) is 0. The van der Waals surface area contributed by atoms with Gasteiger partial charge in [0.25, 0.3) is 0 Å². The van der Waals surface area contributed by atoms with E-state index in [4.69, 9.17) is 0 Å². The highest BCUT2D eigenvalue weighted by molar-refractivity contribution is 5.95. The number of hydrogen-bond donors (Lipinski definition) is 3. The van der Waals surface area contributed by atoms with Gasteiger partial charge in [-0.2, -0.15) is 5.10 Å². The molecule has 24 heavy (non-hydrogen) atoms. The molecule has 118 valence electrons. The number of rotatable bonds is 3. The van der Waals surface area contributed by atoms with Gasteiger partial charge in [0.15, 0.2) is 0 Å². The summed E-state index contributed by atoms with van der Waals surface area (Å²) in [6, 6.07) is 21.0. The zero-order chi connectivity index (χ0) is 16.5. The Morgan fingerprint density at radius 3 is 2.42 bits per heavy atom. The molecule has 3 N–H and O–H groups in total. The van der Waals surface area contributed by atoms with Crippen LogP contribution in [0.15, 0.2) is 66.7 Å². The fourth-order valence-corrected chi connectivity index (χ4v) is 2.89. The summed E-state index contributed by atoms with van der Waals surface area (Å²) in [4.78, 5) is 0. The first kappa shape index (κ1) is 14.5. The first-order valence-electron chi connectivity index (χ1n) is 7.72. The lowest BCUT2D eigenvalue weighted by atomic mass is 10.0. The van der Waals surface area contributed by atoms with Crippen LogP contribution in [0.25, 0.3) is 33.3 Å². The van der Waals surface area contributed by atoms with Crippen LogP contribution < -0.4 is 0 Å². The minimum absolute atomic E-state index is 0.0151. The third kappa shape index (κ3) is 2.53.